The zero-order valence-electron chi connectivity index (χ0n) is 18.5. The third-order valence-electron chi connectivity index (χ3n) is 7.40. The fraction of sp³-hybridized carbons (Fsp3) is 0.708. The van der Waals surface area contributed by atoms with Gasteiger partial charge in [0.15, 0.2) is 0 Å². The molecule has 0 bridgehead atoms. The Morgan fingerprint density at radius 2 is 1.67 bits per heavy atom. The van der Waals surface area contributed by atoms with Crippen LogP contribution in [0.3, 0.4) is 0 Å². The molecule has 0 amide bonds. The molecule has 5 rings (SSSR count). The highest BCUT2D eigenvalue weighted by atomic mass is 16.5. The molecule has 0 aromatic carbocycles. The molecule has 0 spiro atoms. The number of likely N-dealkylation sites (tertiary alicyclic amines) is 1. The molecule has 6 nitrogen and oxygen atoms in total. The van der Waals surface area contributed by atoms with E-state index in [0.717, 1.165) is 42.3 Å². The van der Waals surface area contributed by atoms with Crippen LogP contribution in [-0.2, 0) is 0 Å². The van der Waals surface area contributed by atoms with Gasteiger partial charge in [0.25, 0.3) is 0 Å². The van der Waals surface area contributed by atoms with E-state index in [-0.39, 0.29) is 0 Å². The van der Waals surface area contributed by atoms with Crippen molar-refractivity contribution in [2.45, 2.75) is 70.8 Å². The van der Waals surface area contributed by atoms with Crippen LogP contribution in [0, 0.1) is 11.8 Å². The van der Waals surface area contributed by atoms with E-state index in [1.54, 1.807) is 0 Å². The van der Waals surface area contributed by atoms with Crippen LogP contribution >= 0.6 is 0 Å². The second kappa shape index (κ2) is 8.66. The molecule has 2 aromatic rings. The molecule has 2 saturated heterocycles. The molecule has 4 heterocycles. The fourth-order valence-electron chi connectivity index (χ4n) is 5.29. The van der Waals surface area contributed by atoms with Crippen LogP contribution in [0.4, 0.5) is 5.82 Å². The topological polar surface area (TPSA) is 58.3 Å². The molecule has 3 aliphatic rings. The van der Waals surface area contributed by atoms with Gasteiger partial charge in [-0.25, -0.2) is 4.98 Å². The van der Waals surface area contributed by atoms with Crippen molar-refractivity contribution in [3.8, 4) is 11.5 Å². The second-order valence-electron chi connectivity index (χ2n) is 9.76. The summed E-state index contributed by atoms with van der Waals surface area (Å²) in [5, 5.41) is 4.17. The highest BCUT2D eigenvalue weighted by molar-refractivity contribution is 5.53. The fourth-order valence-corrected chi connectivity index (χ4v) is 5.29. The molecule has 0 N–H and O–H groups in total. The lowest BCUT2D eigenvalue weighted by molar-refractivity contribution is 0.116. The minimum Gasteiger partial charge on any atom is -0.357 e. The first-order valence-electron chi connectivity index (χ1n) is 12.0. The first-order valence-corrected chi connectivity index (χ1v) is 12.0. The number of hydrogen-bond donors (Lipinski definition) is 0. The van der Waals surface area contributed by atoms with E-state index in [2.05, 4.69) is 45.9 Å². The van der Waals surface area contributed by atoms with Gasteiger partial charge in [0.2, 0.25) is 11.7 Å². The number of anilines is 1. The first kappa shape index (κ1) is 20.0. The normalized spacial score (nSPS) is 24.4. The quantitative estimate of drug-likeness (QED) is 0.711. The van der Waals surface area contributed by atoms with Crippen LogP contribution in [-0.4, -0.2) is 52.2 Å². The third-order valence-corrected chi connectivity index (χ3v) is 7.40. The molecule has 1 aliphatic carbocycles. The monoisotopic (exact) mass is 409 g/mol. The Kier molecular flexibility index (Phi) is 5.77. The Labute approximate surface area is 180 Å². The Morgan fingerprint density at radius 1 is 0.900 bits per heavy atom. The second-order valence-corrected chi connectivity index (χ2v) is 9.76. The first-order chi connectivity index (χ1) is 14.7. The minimum atomic E-state index is 0.476. The summed E-state index contributed by atoms with van der Waals surface area (Å²) >= 11 is 0. The van der Waals surface area contributed by atoms with Crippen molar-refractivity contribution in [3.63, 3.8) is 0 Å². The Morgan fingerprint density at radius 3 is 2.43 bits per heavy atom. The van der Waals surface area contributed by atoms with Crippen LogP contribution < -0.4 is 4.90 Å². The Balaban J connectivity index is 1.22. The number of aromatic nitrogens is 3. The van der Waals surface area contributed by atoms with E-state index >= 15 is 0 Å². The lowest BCUT2D eigenvalue weighted by Gasteiger charge is -2.37. The maximum Gasteiger partial charge on any atom is 0.230 e. The van der Waals surface area contributed by atoms with Gasteiger partial charge in [0.1, 0.15) is 11.5 Å². The van der Waals surface area contributed by atoms with E-state index in [4.69, 9.17) is 9.51 Å². The van der Waals surface area contributed by atoms with Gasteiger partial charge in [-0.05, 0) is 95.9 Å². The summed E-state index contributed by atoms with van der Waals surface area (Å²) in [5.41, 5.74) is 0.824. The highest BCUT2D eigenvalue weighted by Gasteiger charge is 2.31. The van der Waals surface area contributed by atoms with Crippen molar-refractivity contribution < 1.29 is 4.52 Å². The van der Waals surface area contributed by atoms with Crippen LogP contribution in [0.2, 0.25) is 0 Å². The van der Waals surface area contributed by atoms with Gasteiger partial charge in [-0.15, -0.1) is 0 Å². The summed E-state index contributed by atoms with van der Waals surface area (Å²) in [6.07, 6.45) is 8.98. The molecule has 1 atom stereocenters. The van der Waals surface area contributed by atoms with Crippen LogP contribution in [0.25, 0.3) is 11.5 Å². The van der Waals surface area contributed by atoms with Gasteiger partial charge >= 0.3 is 0 Å². The van der Waals surface area contributed by atoms with E-state index in [9.17, 15) is 0 Å². The molecular weight excluding hydrogens is 374 g/mol. The number of nitrogens with zero attached hydrogens (tertiary/aromatic N) is 5. The molecule has 3 fully saturated rings. The molecule has 1 unspecified atom stereocenters. The molecular formula is C24H35N5O. The number of rotatable bonds is 5. The van der Waals surface area contributed by atoms with E-state index in [1.807, 2.05) is 6.07 Å². The van der Waals surface area contributed by atoms with Crippen LogP contribution in [0.1, 0.15) is 70.6 Å². The van der Waals surface area contributed by atoms with Crippen molar-refractivity contribution in [3.05, 3.63) is 24.1 Å². The van der Waals surface area contributed by atoms with Gasteiger partial charge in [0.05, 0.1) is 0 Å². The van der Waals surface area contributed by atoms with Crippen molar-refractivity contribution >= 4 is 5.82 Å². The standard InChI is InChI=1S/C24H35N5O/c1-17(2)28-14-10-19(11-15-28)18-5-4-13-29(16-12-18)22-7-3-6-21(25-22)23-26-24(30-27-23)20-8-9-20/h3,6-7,17-20H,4-5,8-16H2,1-2H3. The highest BCUT2D eigenvalue weighted by Crippen LogP contribution is 2.39. The summed E-state index contributed by atoms with van der Waals surface area (Å²) in [6.45, 7) is 9.40. The third kappa shape index (κ3) is 4.39. The summed E-state index contributed by atoms with van der Waals surface area (Å²) in [6, 6.07) is 6.89. The maximum atomic E-state index is 5.43. The molecule has 0 radical (unpaired) electrons. The molecule has 2 aromatic heterocycles. The van der Waals surface area contributed by atoms with E-state index in [0.29, 0.717) is 17.8 Å². The van der Waals surface area contributed by atoms with Gasteiger partial charge < -0.3 is 14.3 Å². The smallest absolute Gasteiger partial charge is 0.230 e. The Hall–Kier alpha value is -1.95. The zero-order chi connectivity index (χ0) is 20.5. The zero-order valence-corrected chi connectivity index (χ0v) is 18.5. The molecule has 2 aliphatic heterocycles. The average Bonchev–Trinajstić information content (AvgIpc) is 3.56. The number of pyridine rings is 1. The van der Waals surface area contributed by atoms with Crippen molar-refractivity contribution in [2.24, 2.45) is 11.8 Å². The maximum absolute atomic E-state index is 5.43. The minimum absolute atomic E-state index is 0.476. The summed E-state index contributed by atoms with van der Waals surface area (Å²) < 4.78 is 5.43. The van der Waals surface area contributed by atoms with Gasteiger partial charge in [-0.3, -0.25) is 0 Å². The average molecular weight is 410 g/mol. The van der Waals surface area contributed by atoms with Gasteiger partial charge in [-0.1, -0.05) is 11.2 Å². The van der Waals surface area contributed by atoms with Crippen molar-refractivity contribution in [1.29, 1.82) is 0 Å². The van der Waals surface area contributed by atoms with Gasteiger partial charge in [-0.2, -0.15) is 4.98 Å². The predicted octanol–water partition coefficient (Wildman–Crippen LogP) is 4.74. The van der Waals surface area contributed by atoms with E-state index < -0.39 is 0 Å². The SMILES string of the molecule is CC(C)N1CCC(C2CCCN(c3cccc(-c4noc(C5CC5)n4)n3)CC2)CC1. The van der Waals surface area contributed by atoms with Crippen LogP contribution in [0.5, 0.6) is 0 Å². The van der Waals surface area contributed by atoms with Crippen LogP contribution in [0.15, 0.2) is 22.7 Å². The summed E-state index contributed by atoms with van der Waals surface area (Å²) in [5.74, 6) is 4.71. The van der Waals surface area contributed by atoms with Gasteiger partial charge in [0, 0.05) is 25.0 Å². The molecule has 162 valence electrons. The van der Waals surface area contributed by atoms with E-state index in [1.165, 1.54) is 58.0 Å². The molecule has 6 heteroatoms. The number of hydrogen-bond acceptors (Lipinski definition) is 6. The van der Waals surface area contributed by atoms with Crippen molar-refractivity contribution in [1.82, 2.24) is 20.0 Å². The largest absolute Gasteiger partial charge is 0.357 e. The Bertz CT molecular complexity index is 838. The number of piperidine rings is 1. The predicted molar refractivity (Wildman–Crippen MR) is 118 cm³/mol. The summed E-state index contributed by atoms with van der Waals surface area (Å²) in [4.78, 5) is 14.6. The molecule has 1 saturated carbocycles. The summed E-state index contributed by atoms with van der Waals surface area (Å²) in [7, 11) is 0. The lowest BCUT2D eigenvalue weighted by atomic mass is 9.80. The molecule has 30 heavy (non-hydrogen) atoms. The lowest BCUT2D eigenvalue weighted by Crippen LogP contribution is -2.40. The van der Waals surface area contributed by atoms with Crippen molar-refractivity contribution in [2.75, 3.05) is 31.1 Å².